The van der Waals surface area contributed by atoms with Gasteiger partial charge in [0.05, 0.1) is 10.7 Å². The molecule has 15 heavy (non-hydrogen) atoms. The van der Waals surface area contributed by atoms with Crippen LogP contribution in [-0.4, -0.2) is 32.6 Å². The van der Waals surface area contributed by atoms with Gasteiger partial charge in [0, 0.05) is 11.8 Å². The molecular formula is C8H10N2O4S. The largest absolute Gasteiger partial charge is 0.463 e. The van der Waals surface area contributed by atoms with Crippen molar-refractivity contribution in [1.29, 1.82) is 0 Å². The molecule has 0 aliphatic carbocycles. The van der Waals surface area contributed by atoms with Gasteiger partial charge in [-0.1, -0.05) is 0 Å². The van der Waals surface area contributed by atoms with Crippen molar-refractivity contribution in [2.24, 2.45) is 0 Å². The Bertz CT molecular complexity index is 380. The second-order valence-corrected chi connectivity index (χ2v) is 4.27. The van der Waals surface area contributed by atoms with Crippen LogP contribution in [0, 0.1) is 6.92 Å². The first-order valence-corrected chi connectivity index (χ1v) is 5.25. The summed E-state index contributed by atoms with van der Waals surface area (Å²) in [5.41, 5.74) is 0.622. The van der Waals surface area contributed by atoms with Crippen molar-refractivity contribution in [3.05, 3.63) is 16.1 Å². The van der Waals surface area contributed by atoms with Crippen LogP contribution in [0.3, 0.4) is 0 Å². The molecule has 0 bridgehead atoms. The Balaban J connectivity index is 2.24. The summed E-state index contributed by atoms with van der Waals surface area (Å²) in [5, 5.41) is 21.5. The van der Waals surface area contributed by atoms with Gasteiger partial charge in [-0.3, -0.25) is 0 Å². The Morgan fingerprint density at radius 3 is 3.07 bits per heavy atom. The van der Waals surface area contributed by atoms with Crippen LogP contribution in [0.1, 0.15) is 23.2 Å². The highest BCUT2D eigenvalue weighted by molar-refractivity contribution is 7.09. The van der Waals surface area contributed by atoms with E-state index in [9.17, 15) is 9.90 Å². The number of hydrogen-bond donors (Lipinski definition) is 2. The van der Waals surface area contributed by atoms with Gasteiger partial charge in [0.2, 0.25) is 0 Å². The molecule has 6 nitrogen and oxygen atoms in total. The lowest BCUT2D eigenvalue weighted by Crippen LogP contribution is -2.28. The van der Waals surface area contributed by atoms with Crippen LogP contribution in [0.5, 0.6) is 0 Å². The summed E-state index contributed by atoms with van der Waals surface area (Å²) in [7, 11) is 0. The maximum atomic E-state index is 10.8. The van der Waals surface area contributed by atoms with Crippen molar-refractivity contribution in [2.45, 2.75) is 25.7 Å². The van der Waals surface area contributed by atoms with Crippen molar-refractivity contribution in [3.63, 3.8) is 0 Å². The lowest BCUT2D eigenvalue weighted by Gasteiger charge is -2.16. The van der Waals surface area contributed by atoms with E-state index in [1.807, 2.05) is 6.92 Å². The van der Waals surface area contributed by atoms with Crippen molar-refractivity contribution >= 4 is 17.4 Å². The minimum atomic E-state index is -1.22. The molecule has 0 saturated carbocycles. The first kappa shape index (κ1) is 10.3. The van der Waals surface area contributed by atoms with Crippen LogP contribution in [0.15, 0.2) is 5.38 Å². The summed E-state index contributed by atoms with van der Waals surface area (Å²) in [4.78, 5) is 19.7. The van der Waals surface area contributed by atoms with Crippen LogP contribution in [-0.2, 0) is 4.84 Å². The average Bonchev–Trinajstić information content (AvgIpc) is 2.71. The number of aromatic nitrogens is 1. The van der Waals surface area contributed by atoms with Gasteiger partial charge in [-0.05, 0) is 6.92 Å². The normalized spacial score (nSPS) is 25.9. The SMILES string of the molecule is Cc1nc([C@@H]2CC(O)ON2C(=O)O)cs1. The number of amides is 1. The predicted octanol–water partition coefficient (Wildman–Crippen LogP) is 1.13. The number of rotatable bonds is 1. The minimum absolute atomic E-state index is 0.218. The standard InChI is InChI=1S/C8H10N2O4S/c1-4-9-5(3-15-4)6-2-7(11)14-10(6)8(12)13/h3,6-7,11H,2H2,1H3,(H,12,13)/t6-,7?/m0/s1. The zero-order valence-corrected chi connectivity index (χ0v) is 8.77. The van der Waals surface area contributed by atoms with Crippen LogP contribution >= 0.6 is 11.3 Å². The molecule has 7 heteroatoms. The lowest BCUT2D eigenvalue weighted by molar-refractivity contribution is -0.199. The number of hydrogen-bond acceptors (Lipinski definition) is 5. The first-order valence-electron chi connectivity index (χ1n) is 4.37. The van der Waals surface area contributed by atoms with E-state index < -0.39 is 18.4 Å². The lowest BCUT2D eigenvalue weighted by atomic mass is 10.1. The fourth-order valence-corrected chi connectivity index (χ4v) is 2.15. The van der Waals surface area contributed by atoms with E-state index >= 15 is 0 Å². The molecule has 0 spiro atoms. The van der Waals surface area contributed by atoms with Crippen molar-refractivity contribution in [2.75, 3.05) is 0 Å². The molecule has 1 aromatic heterocycles. The highest BCUT2D eigenvalue weighted by atomic mass is 32.1. The van der Waals surface area contributed by atoms with Gasteiger partial charge >= 0.3 is 6.09 Å². The quantitative estimate of drug-likeness (QED) is 0.755. The van der Waals surface area contributed by atoms with Crippen LogP contribution in [0.25, 0.3) is 0 Å². The molecule has 82 valence electrons. The van der Waals surface area contributed by atoms with E-state index in [0.717, 1.165) is 10.1 Å². The molecule has 1 saturated heterocycles. The molecule has 1 aromatic rings. The number of hydroxylamine groups is 2. The summed E-state index contributed by atoms with van der Waals surface area (Å²) >= 11 is 1.44. The molecule has 2 atom stereocenters. The number of aryl methyl sites for hydroxylation is 1. The average molecular weight is 230 g/mol. The number of thiazole rings is 1. The molecule has 1 unspecified atom stereocenters. The third-order valence-electron chi connectivity index (χ3n) is 2.11. The van der Waals surface area contributed by atoms with Crippen molar-refractivity contribution < 1.29 is 19.8 Å². The monoisotopic (exact) mass is 230 g/mol. The molecule has 0 aromatic carbocycles. The minimum Gasteiger partial charge on any atom is -0.463 e. The first-order chi connectivity index (χ1) is 7.08. The summed E-state index contributed by atoms with van der Waals surface area (Å²) in [5.74, 6) is 0. The summed E-state index contributed by atoms with van der Waals surface area (Å²) < 4.78 is 0. The van der Waals surface area contributed by atoms with Crippen LogP contribution < -0.4 is 0 Å². The summed E-state index contributed by atoms with van der Waals surface area (Å²) in [6.45, 7) is 1.84. The molecular weight excluding hydrogens is 220 g/mol. The smallest absolute Gasteiger partial charge is 0.432 e. The van der Waals surface area contributed by atoms with E-state index in [-0.39, 0.29) is 6.42 Å². The summed E-state index contributed by atoms with van der Waals surface area (Å²) in [6.07, 6.45) is -2.08. The van der Waals surface area contributed by atoms with Gasteiger partial charge in [-0.15, -0.1) is 11.3 Å². The van der Waals surface area contributed by atoms with Crippen LogP contribution in [0.4, 0.5) is 4.79 Å². The third kappa shape index (κ3) is 1.94. The Kier molecular flexibility index (Phi) is 2.59. The number of nitrogens with zero attached hydrogens (tertiary/aromatic N) is 2. The zero-order valence-electron chi connectivity index (χ0n) is 7.95. The number of aliphatic hydroxyl groups is 1. The predicted molar refractivity (Wildman–Crippen MR) is 51.2 cm³/mol. The second kappa shape index (κ2) is 3.76. The van der Waals surface area contributed by atoms with Gasteiger partial charge in [0.1, 0.15) is 6.04 Å². The third-order valence-corrected chi connectivity index (χ3v) is 2.90. The van der Waals surface area contributed by atoms with E-state index in [4.69, 9.17) is 9.94 Å². The van der Waals surface area contributed by atoms with Crippen LogP contribution in [0.2, 0.25) is 0 Å². The van der Waals surface area contributed by atoms with Gasteiger partial charge in [0.25, 0.3) is 0 Å². The molecule has 1 fully saturated rings. The van der Waals surface area contributed by atoms with E-state index in [1.165, 1.54) is 11.3 Å². The maximum absolute atomic E-state index is 10.8. The second-order valence-electron chi connectivity index (χ2n) is 3.21. The fourth-order valence-electron chi connectivity index (χ4n) is 1.49. The highest BCUT2D eigenvalue weighted by Gasteiger charge is 2.38. The fraction of sp³-hybridized carbons (Fsp3) is 0.500. The highest BCUT2D eigenvalue weighted by Crippen LogP contribution is 2.33. The molecule has 1 aliphatic heterocycles. The van der Waals surface area contributed by atoms with E-state index in [2.05, 4.69) is 4.98 Å². The van der Waals surface area contributed by atoms with Gasteiger partial charge in [-0.25, -0.2) is 14.6 Å². The topological polar surface area (TPSA) is 82.9 Å². The molecule has 0 radical (unpaired) electrons. The molecule has 2 rings (SSSR count). The number of carbonyl (C=O) groups is 1. The molecule has 2 heterocycles. The zero-order chi connectivity index (χ0) is 11.0. The Labute approximate surface area is 89.7 Å². The van der Waals surface area contributed by atoms with E-state index in [0.29, 0.717) is 5.69 Å². The van der Waals surface area contributed by atoms with Gasteiger partial charge < -0.3 is 10.2 Å². The Morgan fingerprint density at radius 1 is 1.80 bits per heavy atom. The molecule has 1 aliphatic rings. The maximum Gasteiger partial charge on any atom is 0.432 e. The molecule has 2 N–H and O–H groups in total. The number of carboxylic acid groups (broad SMARTS) is 1. The number of aliphatic hydroxyl groups excluding tert-OH is 1. The van der Waals surface area contributed by atoms with Gasteiger partial charge in [-0.2, -0.15) is 5.06 Å². The van der Waals surface area contributed by atoms with E-state index in [1.54, 1.807) is 5.38 Å². The van der Waals surface area contributed by atoms with Crippen molar-refractivity contribution in [3.8, 4) is 0 Å². The van der Waals surface area contributed by atoms with Crippen molar-refractivity contribution in [1.82, 2.24) is 10.0 Å². The molecule has 1 amide bonds. The Morgan fingerprint density at radius 2 is 2.53 bits per heavy atom. The Hall–Kier alpha value is -1.18. The summed E-state index contributed by atoms with van der Waals surface area (Å²) in [6, 6.07) is -0.512. The van der Waals surface area contributed by atoms with Gasteiger partial charge in [0.15, 0.2) is 6.29 Å².